The van der Waals surface area contributed by atoms with Crippen molar-refractivity contribution < 1.29 is 0 Å². The average molecular weight is 197 g/mol. The third kappa shape index (κ3) is 3.56. The average Bonchev–Trinajstić information content (AvgIpc) is 2.78. The first kappa shape index (κ1) is 11.3. The van der Waals surface area contributed by atoms with Crippen LogP contribution in [0.1, 0.15) is 47.0 Å². The van der Waals surface area contributed by atoms with Crippen molar-refractivity contribution in [3.63, 3.8) is 0 Å². The Labute approximate surface area is 87.4 Å². The molecule has 0 spiro atoms. The number of guanidine groups is 1. The summed E-state index contributed by atoms with van der Waals surface area (Å²) in [5.74, 6) is 0.724. The third-order valence-corrected chi connectivity index (χ3v) is 2.20. The summed E-state index contributed by atoms with van der Waals surface area (Å²) >= 11 is 0. The van der Waals surface area contributed by atoms with Gasteiger partial charge in [0, 0.05) is 12.6 Å². The lowest BCUT2D eigenvalue weighted by Gasteiger charge is -2.25. The summed E-state index contributed by atoms with van der Waals surface area (Å²) in [7, 11) is 0. The molecule has 3 heteroatoms. The summed E-state index contributed by atoms with van der Waals surface area (Å²) in [5, 5.41) is 0. The first-order valence-corrected chi connectivity index (χ1v) is 5.56. The van der Waals surface area contributed by atoms with Crippen molar-refractivity contribution in [1.82, 2.24) is 4.90 Å². The van der Waals surface area contributed by atoms with Gasteiger partial charge in [-0.05, 0) is 40.0 Å². The van der Waals surface area contributed by atoms with E-state index in [-0.39, 0.29) is 5.54 Å². The number of nitrogens with two attached hydrogens (primary N) is 1. The van der Waals surface area contributed by atoms with Crippen molar-refractivity contribution >= 4 is 5.96 Å². The molecule has 1 saturated carbocycles. The molecule has 1 rings (SSSR count). The molecule has 0 saturated heterocycles. The van der Waals surface area contributed by atoms with Crippen LogP contribution in [0.5, 0.6) is 0 Å². The van der Waals surface area contributed by atoms with Gasteiger partial charge in [0.15, 0.2) is 5.96 Å². The molecule has 1 fully saturated rings. The molecular weight excluding hydrogens is 174 g/mol. The third-order valence-electron chi connectivity index (χ3n) is 2.20. The molecule has 1 aliphatic rings. The highest BCUT2D eigenvalue weighted by Gasteiger charge is 2.30. The maximum atomic E-state index is 6.01. The SMILES string of the molecule is CCCN(C(N)=NC(C)(C)C)C1CC1. The van der Waals surface area contributed by atoms with E-state index >= 15 is 0 Å². The van der Waals surface area contributed by atoms with E-state index in [0.29, 0.717) is 6.04 Å². The molecule has 0 aromatic heterocycles. The summed E-state index contributed by atoms with van der Waals surface area (Å²) < 4.78 is 0. The fourth-order valence-electron chi connectivity index (χ4n) is 1.52. The van der Waals surface area contributed by atoms with Gasteiger partial charge in [-0.2, -0.15) is 0 Å². The number of aliphatic imine (C=N–C) groups is 1. The molecule has 0 atom stereocenters. The topological polar surface area (TPSA) is 41.6 Å². The maximum Gasteiger partial charge on any atom is 0.192 e. The van der Waals surface area contributed by atoms with E-state index in [2.05, 4.69) is 37.6 Å². The van der Waals surface area contributed by atoms with Crippen molar-refractivity contribution in [2.45, 2.75) is 58.5 Å². The van der Waals surface area contributed by atoms with E-state index in [4.69, 9.17) is 5.73 Å². The van der Waals surface area contributed by atoms with Gasteiger partial charge in [-0.1, -0.05) is 6.92 Å². The smallest absolute Gasteiger partial charge is 0.192 e. The Morgan fingerprint density at radius 1 is 1.43 bits per heavy atom. The van der Waals surface area contributed by atoms with Crippen LogP contribution in [0.2, 0.25) is 0 Å². The molecule has 82 valence electrons. The van der Waals surface area contributed by atoms with Crippen molar-refractivity contribution in [1.29, 1.82) is 0 Å². The highest BCUT2D eigenvalue weighted by Crippen LogP contribution is 2.27. The Kier molecular flexibility index (Phi) is 3.40. The minimum Gasteiger partial charge on any atom is -0.370 e. The van der Waals surface area contributed by atoms with Crippen molar-refractivity contribution in [2.75, 3.05) is 6.54 Å². The fraction of sp³-hybridized carbons (Fsp3) is 0.909. The van der Waals surface area contributed by atoms with E-state index in [1.165, 1.54) is 12.8 Å². The molecule has 0 unspecified atom stereocenters. The fourth-order valence-corrected chi connectivity index (χ4v) is 1.52. The van der Waals surface area contributed by atoms with Crippen LogP contribution in [0.15, 0.2) is 4.99 Å². The summed E-state index contributed by atoms with van der Waals surface area (Å²) in [6.07, 6.45) is 3.69. The predicted molar refractivity (Wildman–Crippen MR) is 61.4 cm³/mol. The predicted octanol–water partition coefficient (Wildman–Crippen LogP) is 1.97. The Bertz CT molecular complexity index is 211. The molecule has 0 amide bonds. The summed E-state index contributed by atoms with van der Waals surface area (Å²) in [4.78, 5) is 6.77. The summed E-state index contributed by atoms with van der Waals surface area (Å²) in [5.41, 5.74) is 5.94. The lowest BCUT2D eigenvalue weighted by Crippen LogP contribution is -2.41. The van der Waals surface area contributed by atoms with E-state index in [1.54, 1.807) is 0 Å². The van der Waals surface area contributed by atoms with Crippen LogP contribution < -0.4 is 5.73 Å². The number of nitrogens with zero attached hydrogens (tertiary/aromatic N) is 2. The van der Waals surface area contributed by atoms with Crippen LogP contribution >= 0.6 is 0 Å². The highest BCUT2D eigenvalue weighted by atomic mass is 15.3. The van der Waals surface area contributed by atoms with Crippen LogP contribution in [0.3, 0.4) is 0 Å². The van der Waals surface area contributed by atoms with E-state index < -0.39 is 0 Å². The van der Waals surface area contributed by atoms with Gasteiger partial charge in [-0.3, -0.25) is 0 Å². The van der Waals surface area contributed by atoms with Crippen LogP contribution in [0, 0.1) is 0 Å². The zero-order valence-electron chi connectivity index (χ0n) is 9.88. The Morgan fingerprint density at radius 3 is 2.36 bits per heavy atom. The van der Waals surface area contributed by atoms with Gasteiger partial charge in [0.05, 0.1) is 5.54 Å². The van der Waals surface area contributed by atoms with Crippen LogP contribution in [-0.2, 0) is 0 Å². The highest BCUT2D eigenvalue weighted by molar-refractivity contribution is 5.79. The van der Waals surface area contributed by atoms with E-state index in [1.807, 2.05) is 0 Å². The Balaban J connectivity index is 2.62. The monoisotopic (exact) mass is 197 g/mol. The van der Waals surface area contributed by atoms with Crippen LogP contribution in [0.25, 0.3) is 0 Å². The first-order valence-electron chi connectivity index (χ1n) is 5.56. The van der Waals surface area contributed by atoms with Gasteiger partial charge in [0.1, 0.15) is 0 Å². The molecular formula is C11H23N3. The van der Waals surface area contributed by atoms with Gasteiger partial charge < -0.3 is 10.6 Å². The molecule has 14 heavy (non-hydrogen) atoms. The molecule has 0 radical (unpaired) electrons. The van der Waals surface area contributed by atoms with E-state index in [0.717, 1.165) is 18.9 Å². The van der Waals surface area contributed by atoms with Crippen LogP contribution in [-0.4, -0.2) is 29.0 Å². The minimum atomic E-state index is -0.0645. The lowest BCUT2D eigenvalue weighted by molar-refractivity contribution is 0.395. The number of hydrogen-bond acceptors (Lipinski definition) is 1. The van der Waals surface area contributed by atoms with Gasteiger partial charge in [-0.15, -0.1) is 0 Å². The summed E-state index contributed by atoms with van der Waals surface area (Å²) in [6.45, 7) is 9.46. The van der Waals surface area contributed by atoms with Crippen molar-refractivity contribution in [2.24, 2.45) is 10.7 Å². The lowest BCUT2D eigenvalue weighted by atomic mass is 10.1. The van der Waals surface area contributed by atoms with Crippen molar-refractivity contribution in [3.8, 4) is 0 Å². The molecule has 0 bridgehead atoms. The second-order valence-electron chi connectivity index (χ2n) is 5.07. The van der Waals surface area contributed by atoms with Gasteiger partial charge in [0.2, 0.25) is 0 Å². The first-order chi connectivity index (χ1) is 6.44. The number of hydrogen-bond donors (Lipinski definition) is 1. The molecule has 0 aromatic rings. The molecule has 3 nitrogen and oxygen atoms in total. The Morgan fingerprint density at radius 2 is 2.00 bits per heavy atom. The molecule has 2 N–H and O–H groups in total. The van der Waals surface area contributed by atoms with Gasteiger partial charge >= 0.3 is 0 Å². The van der Waals surface area contributed by atoms with Gasteiger partial charge in [0.25, 0.3) is 0 Å². The van der Waals surface area contributed by atoms with Crippen LogP contribution in [0.4, 0.5) is 0 Å². The molecule has 1 aliphatic carbocycles. The van der Waals surface area contributed by atoms with E-state index in [9.17, 15) is 0 Å². The maximum absolute atomic E-state index is 6.01. The standard InChI is InChI=1S/C11H23N3/c1-5-8-14(9-6-7-9)10(12)13-11(2,3)4/h9H,5-8H2,1-4H3,(H2,12,13). The van der Waals surface area contributed by atoms with Crippen molar-refractivity contribution in [3.05, 3.63) is 0 Å². The second-order valence-corrected chi connectivity index (χ2v) is 5.07. The molecule has 0 heterocycles. The largest absolute Gasteiger partial charge is 0.370 e. The Hall–Kier alpha value is -0.730. The van der Waals surface area contributed by atoms with Gasteiger partial charge in [-0.25, -0.2) is 4.99 Å². The zero-order valence-corrected chi connectivity index (χ0v) is 9.88. The summed E-state index contributed by atoms with van der Waals surface area (Å²) in [6, 6.07) is 0.668. The zero-order chi connectivity index (χ0) is 10.8. The minimum absolute atomic E-state index is 0.0645. The number of rotatable bonds is 3. The second kappa shape index (κ2) is 4.20. The quantitative estimate of drug-likeness (QED) is 0.555. The molecule has 0 aromatic carbocycles. The normalized spacial score (nSPS) is 18.4. The molecule has 0 aliphatic heterocycles.